The highest BCUT2D eigenvalue weighted by Crippen LogP contribution is 2.17. The van der Waals surface area contributed by atoms with Gasteiger partial charge in [-0.25, -0.2) is 0 Å². The molecule has 0 unspecified atom stereocenters. The van der Waals surface area contributed by atoms with E-state index in [9.17, 15) is 4.79 Å². The first kappa shape index (κ1) is 21.8. The van der Waals surface area contributed by atoms with Gasteiger partial charge in [-0.2, -0.15) is 0 Å². The summed E-state index contributed by atoms with van der Waals surface area (Å²) in [5.41, 5.74) is 0. The molecule has 0 radical (unpaired) electrons. The predicted octanol–water partition coefficient (Wildman–Crippen LogP) is 3.43. The van der Waals surface area contributed by atoms with Crippen LogP contribution in [0.15, 0.2) is 0 Å². The third-order valence-electron chi connectivity index (χ3n) is 2.36. The lowest BCUT2D eigenvalue weighted by molar-refractivity contribution is -0.131. The summed E-state index contributed by atoms with van der Waals surface area (Å²) in [4.78, 5) is 13.5. The molecule has 1 fully saturated rings. The lowest BCUT2D eigenvalue weighted by Crippen LogP contribution is -2.29. The molecule has 0 aliphatic carbocycles. The number of hydrogen-bond acceptors (Lipinski definition) is 1. The zero-order valence-corrected chi connectivity index (χ0v) is 12.6. The van der Waals surface area contributed by atoms with Crippen LogP contribution in [0.5, 0.6) is 0 Å². The molecule has 1 saturated heterocycles. The van der Waals surface area contributed by atoms with Crippen LogP contribution >= 0.6 is 0 Å². The van der Waals surface area contributed by atoms with Gasteiger partial charge in [0.15, 0.2) is 0 Å². The van der Waals surface area contributed by atoms with E-state index in [0.29, 0.717) is 24.2 Å². The van der Waals surface area contributed by atoms with E-state index in [0.717, 1.165) is 13.1 Å². The van der Waals surface area contributed by atoms with Crippen molar-refractivity contribution in [3.8, 4) is 25.7 Å². The van der Waals surface area contributed by atoms with Gasteiger partial charge >= 0.3 is 0 Å². The molecule has 1 aliphatic rings. The van der Waals surface area contributed by atoms with E-state index in [1.807, 2.05) is 18.7 Å². The fourth-order valence-corrected chi connectivity index (χ4v) is 1.64. The molecule has 104 valence electrons. The number of rotatable bonds is 2. The molecule has 0 aromatic heterocycles. The average Bonchev–Trinajstić information content (AvgIpc) is 2.83. The van der Waals surface area contributed by atoms with Gasteiger partial charge in [-0.1, -0.05) is 34.6 Å². The SMILES string of the molecule is C#C.C#C.CC.CC(C)CC(=O)N1CC[C@H](C)C1. The Labute approximate surface area is 114 Å². The van der Waals surface area contributed by atoms with E-state index >= 15 is 0 Å². The highest BCUT2D eigenvalue weighted by molar-refractivity contribution is 5.76. The molecule has 1 rings (SSSR count). The van der Waals surface area contributed by atoms with E-state index < -0.39 is 0 Å². The van der Waals surface area contributed by atoms with E-state index in [1.54, 1.807) is 0 Å². The molecular weight excluding hydrogens is 222 g/mol. The highest BCUT2D eigenvalue weighted by Gasteiger charge is 2.22. The Balaban J connectivity index is -0.000000328. The van der Waals surface area contributed by atoms with Gasteiger partial charge in [0.05, 0.1) is 0 Å². The molecule has 0 aromatic carbocycles. The van der Waals surface area contributed by atoms with E-state index in [1.165, 1.54) is 6.42 Å². The van der Waals surface area contributed by atoms with Gasteiger partial charge in [0.2, 0.25) is 5.91 Å². The summed E-state index contributed by atoms with van der Waals surface area (Å²) in [7, 11) is 0. The second-order valence-electron chi connectivity index (χ2n) is 4.33. The number of carbonyl (C=O) groups is 1. The highest BCUT2D eigenvalue weighted by atomic mass is 16.2. The zero-order chi connectivity index (χ0) is 15.1. The topological polar surface area (TPSA) is 20.3 Å². The standard InChI is InChI=1S/C10H19NO.C2H6.2C2H2/c1-8(2)6-10(12)11-5-4-9(3)7-11;3*1-2/h8-9H,4-7H2,1-3H3;1-2H3;2*1-2H/t9-;;;/m0.../s1. The van der Waals surface area contributed by atoms with Gasteiger partial charge in [-0.05, 0) is 18.3 Å². The van der Waals surface area contributed by atoms with Gasteiger partial charge in [0, 0.05) is 19.5 Å². The number of likely N-dealkylation sites (tertiary alicyclic amines) is 1. The van der Waals surface area contributed by atoms with Crippen LogP contribution in [-0.4, -0.2) is 23.9 Å². The molecule has 0 spiro atoms. The first-order valence-corrected chi connectivity index (χ1v) is 6.54. The van der Waals surface area contributed by atoms with Crippen LogP contribution in [0, 0.1) is 37.5 Å². The van der Waals surface area contributed by atoms with Crippen LogP contribution in [0.25, 0.3) is 0 Å². The maximum Gasteiger partial charge on any atom is 0.222 e. The van der Waals surface area contributed by atoms with Crippen molar-refractivity contribution in [1.29, 1.82) is 0 Å². The summed E-state index contributed by atoms with van der Waals surface area (Å²) in [6, 6.07) is 0. The maximum atomic E-state index is 11.5. The van der Waals surface area contributed by atoms with E-state index in [4.69, 9.17) is 0 Å². The summed E-state index contributed by atoms with van der Waals surface area (Å²) in [5, 5.41) is 0. The number of hydrogen-bond donors (Lipinski definition) is 0. The zero-order valence-electron chi connectivity index (χ0n) is 12.6. The number of nitrogens with zero attached hydrogens (tertiary/aromatic N) is 1. The second-order valence-corrected chi connectivity index (χ2v) is 4.33. The molecule has 1 aliphatic heterocycles. The summed E-state index contributed by atoms with van der Waals surface area (Å²) < 4.78 is 0. The van der Waals surface area contributed by atoms with Crippen LogP contribution in [0.2, 0.25) is 0 Å². The van der Waals surface area contributed by atoms with Crippen molar-refractivity contribution < 1.29 is 4.79 Å². The second kappa shape index (κ2) is 15.6. The van der Waals surface area contributed by atoms with Crippen molar-refractivity contribution in [1.82, 2.24) is 4.90 Å². The molecular formula is C16H29NO. The van der Waals surface area contributed by atoms with Gasteiger partial charge in [-0.15, -0.1) is 25.7 Å². The summed E-state index contributed by atoms with van der Waals surface area (Å²) >= 11 is 0. The third-order valence-corrected chi connectivity index (χ3v) is 2.36. The fraction of sp³-hybridized carbons (Fsp3) is 0.688. The Kier molecular flexibility index (Phi) is 18.9. The minimum absolute atomic E-state index is 0.342. The predicted molar refractivity (Wildman–Crippen MR) is 80.9 cm³/mol. The number of terminal acetylenes is 2. The molecule has 0 saturated carbocycles. The first-order chi connectivity index (χ1) is 8.59. The fourth-order valence-electron chi connectivity index (χ4n) is 1.64. The van der Waals surface area contributed by atoms with Crippen molar-refractivity contribution in [2.75, 3.05) is 13.1 Å². The van der Waals surface area contributed by atoms with Crippen molar-refractivity contribution >= 4 is 5.91 Å². The first-order valence-electron chi connectivity index (χ1n) is 6.54. The van der Waals surface area contributed by atoms with Gasteiger partial charge in [0.25, 0.3) is 0 Å². The monoisotopic (exact) mass is 251 g/mol. The van der Waals surface area contributed by atoms with Crippen molar-refractivity contribution in [2.45, 2.75) is 47.5 Å². The van der Waals surface area contributed by atoms with Gasteiger partial charge in [0.1, 0.15) is 0 Å². The Morgan fingerprint density at radius 3 is 1.94 bits per heavy atom. The third kappa shape index (κ3) is 11.1. The molecule has 0 bridgehead atoms. The Bertz CT molecular complexity index is 222. The Morgan fingerprint density at radius 1 is 1.22 bits per heavy atom. The maximum absolute atomic E-state index is 11.5. The Morgan fingerprint density at radius 2 is 1.67 bits per heavy atom. The van der Waals surface area contributed by atoms with E-state index in [2.05, 4.69) is 46.5 Å². The van der Waals surface area contributed by atoms with Crippen molar-refractivity contribution in [3.05, 3.63) is 0 Å². The molecule has 0 aromatic rings. The van der Waals surface area contributed by atoms with Gasteiger partial charge < -0.3 is 4.90 Å². The molecule has 2 heteroatoms. The minimum atomic E-state index is 0.342. The average molecular weight is 251 g/mol. The van der Waals surface area contributed by atoms with Crippen LogP contribution in [0.1, 0.15) is 47.5 Å². The quantitative estimate of drug-likeness (QED) is 0.689. The van der Waals surface area contributed by atoms with Crippen molar-refractivity contribution in [3.63, 3.8) is 0 Å². The molecule has 1 atom stereocenters. The van der Waals surface area contributed by atoms with Crippen LogP contribution in [0.4, 0.5) is 0 Å². The summed E-state index contributed by atoms with van der Waals surface area (Å²) in [6.07, 6.45) is 17.9. The largest absolute Gasteiger partial charge is 0.342 e. The summed E-state index contributed by atoms with van der Waals surface area (Å²) in [6.45, 7) is 12.4. The van der Waals surface area contributed by atoms with Crippen LogP contribution < -0.4 is 0 Å². The Hall–Kier alpha value is -1.41. The normalized spacial score (nSPS) is 16.3. The molecule has 18 heavy (non-hydrogen) atoms. The number of carbonyl (C=O) groups excluding carboxylic acids is 1. The number of amides is 1. The van der Waals surface area contributed by atoms with Crippen LogP contribution in [0.3, 0.4) is 0 Å². The lowest BCUT2D eigenvalue weighted by atomic mass is 10.1. The molecule has 1 amide bonds. The lowest BCUT2D eigenvalue weighted by Gasteiger charge is -2.16. The molecule has 2 nitrogen and oxygen atoms in total. The van der Waals surface area contributed by atoms with E-state index in [-0.39, 0.29) is 0 Å². The smallest absolute Gasteiger partial charge is 0.222 e. The van der Waals surface area contributed by atoms with Gasteiger partial charge in [-0.3, -0.25) is 4.79 Å². The summed E-state index contributed by atoms with van der Waals surface area (Å²) in [5.74, 6) is 1.55. The molecule has 1 heterocycles. The van der Waals surface area contributed by atoms with Crippen molar-refractivity contribution in [2.24, 2.45) is 11.8 Å². The minimum Gasteiger partial charge on any atom is -0.342 e. The molecule has 0 N–H and O–H groups in total. The van der Waals surface area contributed by atoms with Crippen LogP contribution in [-0.2, 0) is 4.79 Å².